The van der Waals surface area contributed by atoms with Gasteiger partial charge >= 0.3 is 0 Å². The van der Waals surface area contributed by atoms with Gasteiger partial charge in [0.25, 0.3) is 0 Å². The molecule has 1 N–H and O–H groups in total. The molecular weight excluding hydrogens is 200 g/mol. The molecule has 2 heterocycles. The minimum Gasteiger partial charge on any atom is -0.342 e. The van der Waals surface area contributed by atoms with E-state index in [-0.39, 0.29) is 0 Å². The summed E-state index contributed by atoms with van der Waals surface area (Å²) >= 11 is 0. The summed E-state index contributed by atoms with van der Waals surface area (Å²) in [5.41, 5.74) is 0. The predicted molar refractivity (Wildman–Crippen MR) is 65.2 cm³/mol. The number of amides is 1. The van der Waals surface area contributed by atoms with Gasteiger partial charge < -0.3 is 10.2 Å². The largest absolute Gasteiger partial charge is 0.342 e. The van der Waals surface area contributed by atoms with Crippen LogP contribution in [0, 0.1) is 5.92 Å². The summed E-state index contributed by atoms with van der Waals surface area (Å²) in [6.07, 6.45) is 6.91. The highest BCUT2D eigenvalue weighted by Crippen LogP contribution is 2.18. The predicted octanol–water partition coefficient (Wildman–Crippen LogP) is 1.78. The van der Waals surface area contributed by atoms with Crippen molar-refractivity contribution in [1.29, 1.82) is 0 Å². The minimum atomic E-state index is 0.367. The van der Waals surface area contributed by atoms with Gasteiger partial charge in [-0.05, 0) is 38.1 Å². The molecule has 0 aromatic rings. The van der Waals surface area contributed by atoms with E-state index in [1.54, 1.807) is 0 Å². The Morgan fingerprint density at radius 2 is 2.19 bits per heavy atom. The van der Waals surface area contributed by atoms with E-state index in [2.05, 4.69) is 17.1 Å². The molecule has 2 rings (SSSR count). The van der Waals surface area contributed by atoms with E-state index in [1.807, 2.05) is 0 Å². The van der Waals surface area contributed by atoms with Gasteiger partial charge in [0.15, 0.2) is 0 Å². The van der Waals surface area contributed by atoms with Gasteiger partial charge in [0.1, 0.15) is 0 Å². The molecule has 0 unspecified atom stereocenters. The smallest absolute Gasteiger partial charge is 0.224 e. The topological polar surface area (TPSA) is 32.3 Å². The fourth-order valence-electron chi connectivity index (χ4n) is 2.85. The highest BCUT2D eigenvalue weighted by molar-refractivity contribution is 5.77. The number of nitrogens with zero attached hydrogens (tertiary/aromatic N) is 1. The Morgan fingerprint density at radius 1 is 1.31 bits per heavy atom. The molecule has 0 radical (unpaired) electrons. The van der Waals surface area contributed by atoms with Crippen LogP contribution < -0.4 is 5.32 Å². The normalized spacial score (nSPS) is 31.4. The van der Waals surface area contributed by atoms with Crippen molar-refractivity contribution in [3.05, 3.63) is 0 Å². The zero-order valence-corrected chi connectivity index (χ0v) is 10.4. The summed E-state index contributed by atoms with van der Waals surface area (Å²) in [6, 6.07) is 0.443. The van der Waals surface area contributed by atoms with Crippen LogP contribution in [0.25, 0.3) is 0 Å². The number of hydrogen-bond donors (Lipinski definition) is 1. The van der Waals surface area contributed by atoms with Crippen LogP contribution in [-0.2, 0) is 4.79 Å². The molecule has 0 bridgehead atoms. The molecule has 2 aliphatic heterocycles. The maximum Gasteiger partial charge on any atom is 0.224 e. The summed E-state index contributed by atoms with van der Waals surface area (Å²) in [6.45, 7) is 5.30. The second-order valence-corrected chi connectivity index (χ2v) is 5.44. The van der Waals surface area contributed by atoms with Gasteiger partial charge in [-0.2, -0.15) is 0 Å². The Morgan fingerprint density at radius 3 is 2.88 bits per heavy atom. The van der Waals surface area contributed by atoms with Gasteiger partial charge in [-0.25, -0.2) is 0 Å². The first-order chi connectivity index (χ1) is 7.75. The molecule has 0 aromatic carbocycles. The summed E-state index contributed by atoms with van der Waals surface area (Å²) < 4.78 is 0. The van der Waals surface area contributed by atoms with Crippen LogP contribution in [0.15, 0.2) is 0 Å². The summed E-state index contributed by atoms with van der Waals surface area (Å²) in [5.74, 6) is 1.06. The van der Waals surface area contributed by atoms with Gasteiger partial charge in [0.05, 0.1) is 0 Å². The molecule has 3 nitrogen and oxygen atoms in total. The number of likely N-dealkylation sites (tertiary alicyclic amines) is 1. The summed E-state index contributed by atoms with van der Waals surface area (Å²) in [7, 11) is 0. The third-order valence-electron chi connectivity index (χ3n) is 3.84. The van der Waals surface area contributed by atoms with Crippen LogP contribution >= 0.6 is 0 Å². The van der Waals surface area contributed by atoms with Crippen LogP contribution in [0.4, 0.5) is 0 Å². The minimum absolute atomic E-state index is 0.367. The van der Waals surface area contributed by atoms with Gasteiger partial charge in [0, 0.05) is 25.6 Å². The lowest BCUT2D eigenvalue weighted by Gasteiger charge is -2.33. The van der Waals surface area contributed by atoms with E-state index in [1.165, 1.54) is 32.1 Å². The van der Waals surface area contributed by atoms with Crippen LogP contribution in [-0.4, -0.2) is 36.5 Å². The standard InChI is InChI=1S/C13H24N2O/c1-11-5-4-8-15(10-11)13(16)9-12-6-2-3-7-14-12/h11-12,14H,2-10H2,1H3/t11-,12-/m1/s1. The molecule has 0 aliphatic carbocycles. The van der Waals surface area contributed by atoms with Crippen molar-refractivity contribution in [2.24, 2.45) is 5.92 Å². The van der Waals surface area contributed by atoms with Crippen molar-refractivity contribution >= 4 is 5.91 Å². The van der Waals surface area contributed by atoms with Gasteiger partial charge in [0.2, 0.25) is 5.91 Å². The van der Waals surface area contributed by atoms with Crippen molar-refractivity contribution < 1.29 is 4.79 Å². The first-order valence-corrected chi connectivity index (χ1v) is 6.77. The highest BCUT2D eigenvalue weighted by atomic mass is 16.2. The number of carbonyl (C=O) groups excluding carboxylic acids is 1. The monoisotopic (exact) mass is 224 g/mol. The van der Waals surface area contributed by atoms with Crippen LogP contribution in [0.3, 0.4) is 0 Å². The number of nitrogens with one attached hydrogen (secondary N) is 1. The number of rotatable bonds is 2. The first kappa shape index (κ1) is 11.9. The zero-order valence-electron chi connectivity index (χ0n) is 10.4. The van der Waals surface area contributed by atoms with Crippen molar-refractivity contribution in [1.82, 2.24) is 10.2 Å². The maximum absolute atomic E-state index is 12.1. The fraction of sp³-hybridized carbons (Fsp3) is 0.923. The molecule has 2 saturated heterocycles. The third kappa shape index (κ3) is 3.21. The highest BCUT2D eigenvalue weighted by Gasteiger charge is 2.24. The lowest BCUT2D eigenvalue weighted by molar-refractivity contribution is -0.133. The molecule has 16 heavy (non-hydrogen) atoms. The summed E-state index contributed by atoms with van der Waals surface area (Å²) in [5, 5.41) is 3.45. The second-order valence-electron chi connectivity index (χ2n) is 5.44. The van der Waals surface area contributed by atoms with E-state index in [0.29, 0.717) is 24.3 Å². The van der Waals surface area contributed by atoms with E-state index >= 15 is 0 Å². The van der Waals surface area contributed by atoms with Crippen molar-refractivity contribution in [2.75, 3.05) is 19.6 Å². The number of carbonyl (C=O) groups is 1. The van der Waals surface area contributed by atoms with Crippen LogP contribution in [0.5, 0.6) is 0 Å². The molecule has 2 aliphatic rings. The van der Waals surface area contributed by atoms with Crippen LogP contribution in [0.2, 0.25) is 0 Å². The lowest BCUT2D eigenvalue weighted by Crippen LogP contribution is -2.43. The molecular formula is C13H24N2O. The van der Waals surface area contributed by atoms with Crippen molar-refractivity contribution in [2.45, 2.75) is 51.5 Å². The Balaban J connectivity index is 1.77. The number of hydrogen-bond acceptors (Lipinski definition) is 2. The molecule has 3 heteroatoms. The Kier molecular flexibility index (Phi) is 4.22. The molecule has 0 spiro atoms. The maximum atomic E-state index is 12.1. The van der Waals surface area contributed by atoms with Crippen molar-refractivity contribution in [3.63, 3.8) is 0 Å². The molecule has 0 saturated carbocycles. The lowest BCUT2D eigenvalue weighted by atomic mass is 9.98. The SMILES string of the molecule is C[C@@H]1CCCN(C(=O)C[C@H]2CCCCN2)C1. The number of piperidine rings is 2. The Labute approximate surface area is 98.6 Å². The quantitative estimate of drug-likeness (QED) is 0.775. The first-order valence-electron chi connectivity index (χ1n) is 6.77. The molecule has 2 fully saturated rings. The van der Waals surface area contributed by atoms with E-state index in [0.717, 1.165) is 19.6 Å². The Hall–Kier alpha value is -0.570. The van der Waals surface area contributed by atoms with Gasteiger partial charge in [-0.1, -0.05) is 13.3 Å². The molecule has 0 aromatic heterocycles. The molecule has 92 valence electrons. The van der Waals surface area contributed by atoms with Crippen molar-refractivity contribution in [3.8, 4) is 0 Å². The van der Waals surface area contributed by atoms with E-state index in [4.69, 9.17) is 0 Å². The second kappa shape index (κ2) is 5.67. The molecule has 2 atom stereocenters. The zero-order chi connectivity index (χ0) is 11.4. The van der Waals surface area contributed by atoms with Crippen LogP contribution in [0.1, 0.15) is 45.4 Å². The third-order valence-corrected chi connectivity index (χ3v) is 3.84. The molecule has 1 amide bonds. The average molecular weight is 224 g/mol. The fourth-order valence-corrected chi connectivity index (χ4v) is 2.85. The average Bonchev–Trinajstić information content (AvgIpc) is 2.30. The van der Waals surface area contributed by atoms with Gasteiger partial charge in [-0.15, -0.1) is 0 Å². The Bertz CT molecular complexity index is 236. The van der Waals surface area contributed by atoms with E-state index in [9.17, 15) is 4.79 Å². The van der Waals surface area contributed by atoms with E-state index < -0.39 is 0 Å². The van der Waals surface area contributed by atoms with Gasteiger partial charge in [-0.3, -0.25) is 4.79 Å². The summed E-state index contributed by atoms with van der Waals surface area (Å²) in [4.78, 5) is 14.2.